The second kappa shape index (κ2) is 22.9. The third-order valence-electron chi connectivity index (χ3n) is 11.4. The number of halogens is 1. The van der Waals surface area contributed by atoms with Gasteiger partial charge in [0.2, 0.25) is 5.69 Å². The third kappa shape index (κ3) is 12.9. The molecule has 0 aromatic heterocycles. The van der Waals surface area contributed by atoms with Crippen molar-refractivity contribution in [1.29, 1.82) is 0 Å². The second-order valence-electron chi connectivity index (χ2n) is 15.8. The molecule has 2 unspecified atom stereocenters. The van der Waals surface area contributed by atoms with Crippen LogP contribution in [0.3, 0.4) is 0 Å². The van der Waals surface area contributed by atoms with E-state index >= 15 is 0 Å². The predicted molar refractivity (Wildman–Crippen MR) is 220 cm³/mol. The van der Waals surface area contributed by atoms with Crippen molar-refractivity contribution in [1.82, 2.24) is 0 Å². The summed E-state index contributed by atoms with van der Waals surface area (Å²) in [6, 6.07) is 6.22. The zero-order valence-corrected chi connectivity index (χ0v) is 47.2. The van der Waals surface area contributed by atoms with E-state index in [0.717, 1.165) is 22.4 Å². The Labute approximate surface area is 445 Å². The summed E-state index contributed by atoms with van der Waals surface area (Å²) < 4.78 is 125. The Morgan fingerprint density at radius 2 is 1.41 bits per heavy atom. The molecule has 5 rings (SSSR count). The molecule has 2 aromatic carbocycles. The number of allylic oxidation sites excluding steroid dienone is 8. The number of nitrogens with zero attached hydrogens (tertiary/aromatic N) is 2. The molecule has 0 N–H and O–H groups in total. The fourth-order valence-electron chi connectivity index (χ4n) is 7.74. The van der Waals surface area contributed by atoms with Gasteiger partial charge in [0.25, 0.3) is 0 Å². The monoisotopic (exact) mass is 998 g/mol. The van der Waals surface area contributed by atoms with Crippen LogP contribution in [-0.4, -0.2) is 87.0 Å². The molecule has 0 saturated carbocycles. The number of hydrogen-bond acceptors (Lipinski definition) is 16. The average molecular weight is 999 g/mol. The number of rotatable bonds is 17. The van der Waals surface area contributed by atoms with Crippen molar-refractivity contribution < 1.29 is 156 Å². The van der Waals surface area contributed by atoms with Crippen molar-refractivity contribution in [2.45, 2.75) is 98.3 Å². The SMILES string of the molecule is COc1cc2c(cc1SOO[O-])[N+](CCC(C)S(=O)(=O)[O-])=C(/C=C/C1=C(Cl)C(=C/C=C3/N(CCC(C)S(=O)(=O)[O-])c4cc(S(=O)(=O)[O-])c(OC)cc4C3(C)C)/CC1)C2(C)C.[Na+].[Na+].[Na+]. The molecule has 0 bridgehead atoms. The van der Waals surface area contributed by atoms with Gasteiger partial charge in [0.05, 0.1) is 67.0 Å². The van der Waals surface area contributed by atoms with Crippen LogP contribution in [0.5, 0.6) is 11.5 Å². The van der Waals surface area contributed by atoms with E-state index in [9.17, 15) is 44.2 Å². The Morgan fingerprint density at radius 1 is 0.825 bits per heavy atom. The topological polar surface area (TPSA) is 238 Å². The van der Waals surface area contributed by atoms with Crippen molar-refractivity contribution in [2.24, 2.45) is 0 Å². The van der Waals surface area contributed by atoms with Crippen molar-refractivity contribution in [2.75, 3.05) is 32.2 Å². The Balaban J connectivity index is 0.00000455. The van der Waals surface area contributed by atoms with Crippen LogP contribution in [0.15, 0.2) is 80.2 Å². The number of fused-ring (bicyclic) bond motifs is 2. The van der Waals surface area contributed by atoms with Gasteiger partial charge in [-0.25, -0.2) is 25.3 Å². The molecule has 0 saturated heterocycles. The van der Waals surface area contributed by atoms with Gasteiger partial charge in [0, 0.05) is 57.8 Å². The maximum Gasteiger partial charge on any atom is 1.00 e. The first-order valence-corrected chi connectivity index (χ1v) is 24.1. The van der Waals surface area contributed by atoms with Gasteiger partial charge in [0.1, 0.15) is 21.6 Å². The molecule has 0 spiro atoms. The van der Waals surface area contributed by atoms with E-state index in [1.54, 1.807) is 17.0 Å². The number of methoxy groups -OCH3 is 2. The molecular formula is C39H46ClN2Na3O14S4. The molecule has 0 fully saturated rings. The van der Waals surface area contributed by atoms with Gasteiger partial charge in [0.15, 0.2) is 12.3 Å². The van der Waals surface area contributed by atoms with Crippen LogP contribution in [0.1, 0.15) is 78.4 Å². The van der Waals surface area contributed by atoms with Crippen molar-refractivity contribution in [3.63, 3.8) is 0 Å². The fourth-order valence-corrected chi connectivity index (χ4v) is 9.98. The van der Waals surface area contributed by atoms with Crippen LogP contribution >= 0.6 is 23.6 Å². The first-order valence-electron chi connectivity index (χ1n) is 18.6. The van der Waals surface area contributed by atoms with E-state index < -0.39 is 56.6 Å². The summed E-state index contributed by atoms with van der Waals surface area (Å²) in [5.74, 6) is 0.267. The molecular weight excluding hydrogens is 953 g/mol. The van der Waals surface area contributed by atoms with Gasteiger partial charge in [-0.2, -0.15) is 8.91 Å². The first kappa shape index (κ1) is 58.8. The van der Waals surface area contributed by atoms with Gasteiger partial charge >= 0.3 is 88.7 Å². The van der Waals surface area contributed by atoms with E-state index in [4.69, 9.17) is 21.1 Å². The second-order valence-corrected chi connectivity index (χ2v) is 21.8. The molecule has 0 radical (unpaired) electrons. The molecule has 2 atom stereocenters. The minimum Gasteiger partial charge on any atom is -0.748 e. The molecule has 2 aliphatic heterocycles. The standard InChI is InChI=1S/C39H49ClN2O14S4.3Na/c1-23(58(44,45)46)15-17-41-29-21-33(57-56-55-43)31(53-7)19-27(29)38(3,4)35(41)13-11-25-9-10-26(37(25)40)12-14-36-39(5,6)28-20-32(54-8)34(60(50,51)52)22-30(28)42(36)18-16-24(2)59(47,48)49;;;/h11-14,19-24H,9-10,15-18H2,1-8H3,(H3-,43,44,45,46,47,48,49,50,51,52);;;/q;3*+1/p-3. The van der Waals surface area contributed by atoms with Crippen LogP contribution in [0.4, 0.5) is 11.4 Å². The normalized spacial score (nSPS) is 19.2. The summed E-state index contributed by atoms with van der Waals surface area (Å²) in [6.45, 7) is 10.5. The zero-order valence-electron chi connectivity index (χ0n) is 37.1. The Kier molecular flexibility index (Phi) is 21.4. The molecule has 1 aliphatic carbocycles. The van der Waals surface area contributed by atoms with E-state index in [-0.39, 0.29) is 120 Å². The molecule has 2 aromatic rings. The molecule has 3 aliphatic rings. The number of anilines is 1. The van der Waals surface area contributed by atoms with Gasteiger partial charge in [-0.3, -0.25) is 5.04 Å². The third-order valence-corrected chi connectivity index (χ3v) is 15.8. The molecule has 16 nitrogen and oxygen atoms in total. The number of hydrogen-bond donors (Lipinski definition) is 0. The number of ether oxygens (including phenoxy) is 2. The quantitative estimate of drug-likeness (QED) is 0.0371. The van der Waals surface area contributed by atoms with E-state index in [1.807, 2.05) is 56.6 Å². The summed E-state index contributed by atoms with van der Waals surface area (Å²) in [5, 5.41) is 12.2. The van der Waals surface area contributed by atoms with Crippen molar-refractivity contribution in [3.8, 4) is 11.5 Å². The van der Waals surface area contributed by atoms with Crippen molar-refractivity contribution in [3.05, 3.63) is 81.6 Å². The molecule has 0 amide bonds. The number of benzene rings is 2. The van der Waals surface area contributed by atoms with E-state index in [0.29, 0.717) is 63.2 Å². The largest absolute Gasteiger partial charge is 1.00 e. The van der Waals surface area contributed by atoms with Gasteiger partial charge in [-0.05, 0) is 87.9 Å². The van der Waals surface area contributed by atoms with Crippen LogP contribution in [0.25, 0.3) is 0 Å². The average Bonchev–Trinajstić information content (AvgIpc) is 3.69. The van der Waals surface area contributed by atoms with E-state index in [1.165, 1.54) is 40.2 Å². The minimum atomic E-state index is -4.98. The minimum absolute atomic E-state index is 0. The smallest absolute Gasteiger partial charge is 0.748 e. The Bertz CT molecular complexity index is 2560. The maximum atomic E-state index is 12.3. The molecule has 2 heterocycles. The van der Waals surface area contributed by atoms with Crippen LogP contribution in [0, 0.1) is 0 Å². The van der Waals surface area contributed by atoms with Gasteiger partial charge < -0.3 is 33.3 Å². The van der Waals surface area contributed by atoms with Gasteiger partial charge in [-0.1, -0.05) is 37.6 Å². The van der Waals surface area contributed by atoms with Crippen LogP contribution < -0.4 is 108 Å². The Hall–Kier alpha value is -0.280. The Morgan fingerprint density at radius 3 is 1.97 bits per heavy atom. The van der Waals surface area contributed by atoms with Crippen LogP contribution in [0.2, 0.25) is 0 Å². The first-order chi connectivity index (χ1) is 27.8. The molecule has 63 heavy (non-hydrogen) atoms. The van der Waals surface area contributed by atoms with E-state index in [2.05, 4.69) is 9.37 Å². The summed E-state index contributed by atoms with van der Waals surface area (Å²) in [7, 11) is -11.5. The summed E-state index contributed by atoms with van der Waals surface area (Å²) >= 11 is 7.68. The van der Waals surface area contributed by atoms with Crippen LogP contribution in [-0.2, 0) is 50.6 Å². The zero-order chi connectivity index (χ0) is 44.7. The molecule has 24 heteroatoms. The summed E-state index contributed by atoms with van der Waals surface area (Å²) in [5.41, 5.74) is 3.94. The maximum absolute atomic E-state index is 12.3. The fraction of sp³-hybridized carbons (Fsp3) is 0.462. The summed E-state index contributed by atoms with van der Waals surface area (Å²) in [4.78, 5) is 1.54. The van der Waals surface area contributed by atoms with Crippen molar-refractivity contribution >= 4 is 71.1 Å². The summed E-state index contributed by atoms with van der Waals surface area (Å²) in [6.07, 6.45) is 8.42. The predicted octanol–water partition coefficient (Wildman–Crippen LogP) is -3.67. The van der Waals surface area contributed by atoms with Gasteiger partial charge in [-0.15, -0.1) is 0 Å². The molecule has 330 valence electrons.